The molecule has 0 aliphatic rings. The summed E-state index contributed by atoms with van der Waals surface area (Å²) in [4.78, 5) is 3.44. The van der Waals surface area contributed by atoms with Crippen molar-refractivity contribution in [3.8, 4) is 0 Å². The third-order valence-electron chi connectivity index (χ3n) is 2.41. The molecule has 0 aliphatic heterocycles. The summed E-state index contributed by atoms with van der Waals surface area (Å²) < 4.78 is 48.7. The Balaban J connectivity index is 2.37. The molecule has 1 N–H and O–H groups in total. The van der Waals surface area contributed by atoms with Crippen LogP contribution in [0.4, 0.5) is 5.69 Å². The van der Waals surface area contributed by atoms with Crippen LogP contribution < -0.4 is 4.72 Å². The molecule has 10 heteroatoms. The first-order valence-electron chi connectivity index (χ1n) is 5.37. The Labute approximate surface area is 131 Å². The summed E-state index contributed by atoms with van der Waals surface area (Å²) in [6.07, 6.45) is 2.61. The molecule has 0 saturated carbocycles. The van der Waals surface area contributed by atoms with Gasteiger partial charge in [-0.1, -0.05) is 11.6 Å². The Morgan fingerprint density at radius 1 is 1.05 bits per heavy atom. The maximum Gasteiger partial charge on any atom is 0.263 e. The molecule has 0 unspecified atom stereocenters. The summed E-state index contributed by atoms with van der Waals surface area (Å²) in [6.45, 7) is 0. The van der Waals surface area contributed by atoms with E-state index in [2.05, 4.69) is 9.71 Å². The number of aromatic nitrogens is 1. The van der Waals surface area contributed by atoms with E-state index in [-0.39, 0.29) is 20.5 Å². The largest absolute Gasteiger partial charge is 0.278 e. The van der Waals surface area contributed by atoms with E-state index in [1.54, 1.807) is 0 Å². The molecule has 0 saturated heterocycles. The molecule has 0 atom stereocenters. The van der Waals surface area contributed by atoms with Gasteiger partial charge < -0.3 is 0 Å². The lowest BCUT2D eigenvalue weighted by atomic mass is 10.3. The molecule has 6 nitrogen and oxygen atoms in total. The number of sulfonamides is 1. The first kappa shape index (κ1) is 16.0. The molecule has 0 bridgehead atoms. The summed E-state index contributed by atoms with van der Waals surface area (Å²) in [5.74, 6) is 0. The summed E-state index contributed by atoms with van der Waals surface area (Å²) in [5, 5.41) is -0.0933. The average molecular weight is 367 g/mol. The van der Waals surface area contributed by atoms with E-state index in [0.29, 0.717) is 0 Å². The van der Waals surface area contributed by atoms with Gasteiger partial charge in [-0.05, 0) is 30.3 Å². The number of hydrogen-bond acceptors (Lipinski definition) is 5. The van der Waals surface area contributed by atoms with Crippen molar-refractivity contribution in [3.63, 3.8) is 0 Å². The Bertz CT molecular complexity index is 868. The highest BCUT2D eigenvalue weighted by molar-refractivity contribution is 8.13. The molecule has 0 spiro atoms. The first-order chi connectivity index (χ1) is 9.70. The second-order valence-corrected chi connectivity index (χ2v) is 8.53. The highest BCUT2D eigenvalue weighted by Gasteiger charge is 2.18. The molecular formula is C11H8Cl2N2O4S2. The van der Waals surface area contributed by atoms with E-state index in [0.717, 1.165) is 12.1 Å². The molecule has 1 heterocycles. The Morgan fingerprint density at radius 3 is 2.29 bits per heavy atom. The number of halogens is 2. The van der Waals surface area contributed by atoms with E-state index in [1.165, 1.54) is 30.6 Å². The number of nitrogens with zero attached hydrogens (tertiary/aromatic N) is 1. The summed E-state index contributed by atoms with van der Waals surface area (Å²) in [5.41, 5.74) is 0.0320. The van der Waals surface area contributed by atoms with E-state index < -0.39 is 19.1 Å². The van der Waals surface area contributed by atoms with Crippen LogP contribution in [0.3, 0.4) is 0 Å². The van der Waals surface area contributed by atoms with Crippen LogP contribution >= 0.6 is 22.3 Å². The van der Waals surface area contributed by atoms with E-state index in [1.807, 2.05) is 0 Å². The highest BCUT2D eigenvalue weighted by Crippen LogP contribution is 2.28. The van der Waals surface area contributed by atoms with Crippen LogP contribution in [0.25, 0.3) is 0 Å². The van der Waals surface area contributed by atoms with Crippen LogP contribution in [0.1, 0.15) is 0 Å². The second-order valence-electron chi connectivity index (χ2n) is 3.87. The number of pyridine rings is 1. The van der Waals surface area contributed by atoms with Gasteiger partial charge in [-0.25, -0.2) is 16.8 Å². The molecule has 2 rings (SSSR count). The average Bonchev–Trinajstić information content (AvgIpc) is 2.41. The van der Waals surface area contributed by atoms with E-state index in [4.69, 9.17) is 22.3 Å². The fourth-order valence-electron chi connectivity index (χ4n) is 1.44. The van der Waals surface area contributed by atoms with Crippen molar-refractivity contribution < 1.29 is 16.8 Å². The van der Waals surface area contributed by atoms with Gasteiger partial charge >= 0.3 is 0 Å². The fourth-order valence-corrected chi connectivity index (χ4v) is 3.61. The summed E-state index contributed by atoms with van der Waals surface area (Å²) in [7, 11) is -2.62. The van der Waals surface area contributed by atoms with Crippen molar-refractivity contribution in [1.82, 2.24) is 4.98 Å². The van der Waals surface area contributed by atoms with Gasteiger partial charge in [-0.2, -0.15) is 0 Å². The molecule has 0 radical (unpaired) electrons. The zero-order valence-electron chi connectivity index (χ0n) is 10.2. The third-order valence-corrected chi connectivity index (χ3v) is 5.43. The third kappa shape index (κ3) is 3.85. The monoisotopic (exact) mass is 366 g/mol. The van der Waals surface area contributed by atoms with Gasteiger partial charge in [-0.15, -0.1) is 0 Å². The maximum atomic E-state index is 12.1. The minimum absolute atomic E-state index is 0.0320. The smallest absolute Gasteiger partial charge is 0.263 e. The van der Waals surface area contributed by atoms with Crippen LogP contribution in [0.5, 0.6) is 0 Å². The van der Waals surface area contributed by atoms with Gasteiger partial charge in [-0.3, -0.25) is 9.71 Å². The fraction of sp³-hybridized carbons (Fsp3) is 0. The van der Waals surface area contributed by atoms with Gasteiger partial charge in [0.1, 0.15) is 4.90 Å². The molecule has 0 fully saturated rings. The number of hydrogen-bond donors (Lipinski definition) is 1. The predicted octanol–water partition coefficient (Wildman–Crippen LogP) is 2.46. The SMILES string of the molecule is O=S(=O)(Cl)c1ccc(NS(=O)(=O)c2cccnc2)c(Cl)c1. The van der Waals surface area contributed by atoms with Crippen molar-refractivity contribution in [2.24, 2.45) is 0 Å². The number of anilines is 1. The molecular weight excluding hydrogens is 359 g/mol. The van der Waals surface area contributed by atoms with Crippen molar-refractivity contribution >= 4 is 47.0 Å². The van der Waals surface area contributed by atoms with Gasteiger partial charge in [0.2, 0.25) is 0 Å². The van der Waals surface area contributed by atoms with Crippen LogP contribution in [0.15, 0.2) is 52.5 Å². The van der Waals surface area contributed by atoms with Crippen LogP contribution in [0.2, 0.25) is 5.02 Å². The number of nitrogens with one attached hydrogen (secondary N) is 1. The lowest BCUT2D eigenvalue weighted by Gasteiger charge is -2.09. The summed E-state index contributed by atoms with van der Waals surface area (Å²) >= 11 is 5.86. The van der Waals surface area contributed by atoms with Gasteiger partial charge in [0.25, 0.3) is 19.1 Å². The van der Waals surface area contributed by atoms with Crippen molar-refractivity contribution in [2.75, 3.05) is 4.72 Å². The van der Waals surface area contributed by atoms with Crippen molar-refractivity contribution in [3.05, 3.63) is 47.7 Å². The van der Waals surface area contributed by atoms with Gasteiger partial charge in [0, 0.05) is 23.1 Å². The van der Waals surface area contributed by atoms with Crippen molar-refractivity contribution in [2.45, 2.75) is 9.79 Å². The van der Waals surface area contributed by atoms with Crippen molar-refractivity contribution in [1.29, 1.82) is 0 Å². The molecule has 21 heavy (non-hydrogen) atoms. The second kappa shape index (κ2) is 5.80. The predicted molar refractivity (Wildman–Crippen MR) is 79.5 cm³/mol. The lowest BCUT2D eigenvalue weighted by Crippen LogP contribution is -2.13. The molecule has 2 aromatic rings. The lowest BCUT2D eigenvalue weighted by molar-refractivity contribution is 0.600. The Kier molecular flexibility index (Phi) is 4.43. The zero-order valence-corrected chi connectivity index (χ0v) is 13.3. The Morgan fingerprint density at radius 2 is 1.76 bits per heavy atom. The first-order valence-corrected chi connectivity index (χ1v) is 9.54. The molecule has 1 aromatic heterocycles. The Hall–Kier alpha value is -1.35. The van der Waals surface area contributed by atoms with Crippen LogP contribution in [-0.4, -0.2) is 21.8 Å². The van der Waals surface area contributed by atoms with Gasteiger partial charge in [0.05, 0.1) is 15.6 Å². The quantitative estimate of drug-likeness (QED) is 0.838. The standard InChI is InChI=1S/C11H8Cl2N2O4S2/c12-10-6-8(20(13,16)17)3-4-11(10)15-21(18,19)9-2-1-5-14-7-9/h1-7,15H. The number of rotatable bonds is 4. The molecule has 1 aromatic carbocycles. The minimum atomic E-state index is -3.94. The molecule has 112 valence electrons. The van der Waals surface area contributed by atoms with E-state index in [9.17, 15) is 16.8 Å². The number of benzene rings is 1. The minimum Gasteiger partial charge on any atom is -0.278 e. The summed E-state index contributed by atoms with van der Waals surface area (Å²) in [6, 6.07) is 6.26. The highest BCUT2D eigenvalue weighted by atomic mass is 35.7. The topological polar surface area (TPSA) is 93.2 Å². The normalized spacial score (nSPS) is 12.1. The molecule has 0 amide bonds. The maximum absolute atomic E-state index is 12.1. The van der Waals surface area contributed by atoms with Crippen LogP contribution in [0, 0.1) is 0 Å². The zero-order chi connectivity index (χ0) is 15.7. The van der Waals surface area contributed by atoms with Crippen LogP contribution in [-0.2, 0) is 19.1 Å². The van der Waals surface area contributed by atoms with E-state index >= 15 is 0 Å². The van der Waals surface area contributed by atoms with Gasteiger partial charge in [0.15, 0.2) is 0 Å². The molecule has 0 aliphatic carbocycles.